The zero-order valence-corrected chi connectivity index (χ0v) is 19.4. The number of imidazole rings is 1. The zero-order chi connectivity index (χ0) is 22.9. The van der Waals surface area contributed by atoms with Gasteiger partial charge >= 0.3 is 0 Å². The molecule has 1 aromatic heterocycles. The van der Waals surface area contributed by atoms with Crippen molar-refractivity contribution in [1.82, 2.24) is 14.5 Å². The Hall–Kier alpha value is -2.26. The SMILES string of the molecule is CC(C)N(Cc1cnc(S(=O)(=O)Cc2ccc(F)cc2)n1CC1CCCO1)C(=O)C1CC1. The van der Waals surface area contributed by atoms with Gasteiger partial charge in [-0.15, -0.1) is 0 Å². The number of amides is 1. The maximum absolute atomic E-state index is 13.3. The van der Waals surface area contributed by atoms with E-state index >= 15 is 0 Å². The number of rotatable bonds is 9. The van der Waals surface area contributed by atoms with E-state index in [1.807, 2.05) is 13.8 Å². The molecule has 2 aliphatic rings. The predicted octanol–water partition coefficient (Wildman–Crippen LogP) is 3.32. The Bertz CT molecular complexity index is 1060. The van der Waals surface area contributed by atoms with Gasteiger partial charge in [0.25, 0.3) is 0 Å². The highest BCUT2D eigenvalue weighted by Crippen LogP contribution is 2.32. The normalized spacial score (nSPS) is 18.9. The molecule has 0 radical (unpaired) electrons. The molecule has 0 spiro atoms. The van der Waals surface area contributed by atoms with Crippen molar-refractivity contribution >= 4 is 15.7 Å². The first kappa shape index (κ1) is 22.9. The average Bonchev–Trinajstić information content (AvgIpc) is 3.32. The summed E-state index contributed by atoms with van der Waals surface area (Å²) >= 11 is 0. The first-order chi connectivity index (χ1) is 15.2. The van der Waals surface area contributed by atoms with Crippen LogP contribution in [0.5, 0.6) is 0 Å². The van der Waals surface area contributed by atoms with Gasteiger partial charge in [0.15, 0.2) is 0 Å². The van der Waals surface area contributed by atoms with Crippen LogP contribution in [0.1, 0.15) is 50.8 Å². The molecule has 1 saturated heterocycles. The Morgan fingerprint density at radius 3 is 2.56 bits per heavy atom. The summed E-state index contributed by atoms with van der Waals surface area (Å²) < 4.78 is 47.2. The van der Waals surface area contributed by atoms with Crippen molar-refractivity contribution in [3.8, 4) is 0 Å². The molecular formula is C23H30FN3O4S. The minimum Gasteiger partial charge on any atom is -0.376 e. The molecule has 2 aromatic rings. The lowest BCUT2D eigenvalue weighted by atomic mass is 10.2. The van der Waals surface area contributed by atoms with Crippen LogP contribution in [0.2, 0.25) is 0 Å². The summed E-state index contributed by atoms with van der Waals surface area (Å²) in [6, 6.07) is 5.43. The third-order valence-electron chi connectivity index (χ3n) is 6.03. The van der Waals surface area contributed by atoms with Crippen LogP contribution in [0.25, 0.3) is 0 Å². The van der Waals surface area contributed by atoms with E-state index in [0.717, 1.165) is 25.7 Å². The molecule has 174 valence electrons. The molecule has 1 aliphatic heterocycles. The van der Waals surface area contributed by atoms with E-state index in [1.54, 1.807) is 15.7 Å². The maximum Gasteiger partial charge on any atom is 0.228 e. The lowest BCUT2D eigenvalue weighted by Gasteiger charge is -2.28. The molecule has 7 nitrogen and oxygen atoms in total. The van der Waals surface area contributed by atoms with Gasteiger partial charge in [-0.05, 0) is 57.2 Å². The van der Waals surface area contributed by atoms with E-state index in [1.165, 1.54) is 24.3 Å². The second-order valence-corrected chi connectivity index (χ2v) is 10.9. The summed E-state index contributed by atoms with van der Waals surface area (Å²) in [6.45, 7) is 5.26. The molecule has 1 aromatic carbocycles. The third-order valence-corrected chi connectivity index (χ3v) is 7.62. The standard InChI is InChI=1S/C23H30FN3O4S/c1-16(2)26(22(28)18-7-8-18)13-20-12-25-23(27(20)14-21-4-3-11-31-21)32(29,30)15-17-5-9-19(24)10-6-17/h5-6,9-10,12,16,18,21H,3-4,7-8,11,13-15H2,1-2H3. The van der Waals surface area contributed by atoms with Gasteiger partial charge in [0, 0.05) is 18.6 Å². The largest absolute Gasteiger partial charge is 0.376 e. The molecule has 0 bridgehead atoms. The van der Waals surface area contributed by atoms with Gasteiger partial charge in [-0.3, -0.25) is 4.79 Å². The monoisotopic (exact) mass is 463 g/mol. The molecular weight excluding hydrogens is 433 g/mol. The average molecular weight is 464 g/mol. The number of nitrogens with zero attached hydrogens (tertiary/aromatic N) is 3. The quantitative estimate of drug-likeness (QED) is 0.570. The Balaban J connectivity index is 1.64. The van der Waals surface area contributed by atoms with Crippen LogP contribution in [-0.4, -0.2) is 47.5 Å². The second kappa shape index (κ2) is 9.31. The minimum atomic E-state index is -3.79. The van der Waals surface area contributed by atoms with Gasteiger partial charge in [0.05, 0.1) is 36.8 Å². The Morgan fingerprint density at radius 2 is 1.97 bits per heavy atom. The van der Waals surface area contributed by atoms with E-state index in [4.69, 9.17) is 4.74 Å². The fourth-order valence-electron chi connectivity index (χ4n) is 4.07. The van der Waals surface area contributed by atoms with Crippen LogP contribution < -0.4 is 0 Å². The van der Waals surface area contributed by atoms with Crippen LogP contribution in [-0.2, 0) is 38.2 Å². The van der Waals surface area contributed by atoms with E-state index in [9.17, 15) is 17.6 Å². The second-order valence-electron chi connectivity index (χ2n) is 9.00. The summed E-state index contributed by atoms with van der Waals surface area (Å²) in [4.78, 5) is 18.9. The molecule has 2 heterocycles. The molecule has 2 fully saturated rings. The van der Waals surface area contributed by atoms with Crippen molar-refractivity contribution in [3.05, 3.63) is 47.5 Å². The van der Waals surface area contributed by atoms with E-state index < -0.39 is 15.7 Å². The van der Waals surface area contributed by atoms with Crippen molar-refractivity contribution in [2.45, 2.75) is 75.7 Å². The first-order valence-electron chi connectivity index (χ1n) is 11.2. The van der Waals surface area contributed by atoms with Crippen molar-refractivity contribution in [2.75, 3.05) is 6.61 Å². The minimum absolute atomic E-state index is 0.00606. The lowest BCUT2D eigenvalue weighted by molar-refractivity contribution is -0.135. The number of benzene rings is 1. The molecule has 32 heavy (non-hydrogen) atoms. The van der Waals surface area contributed by atoms with Gasteiger partial charge in [-0.25, -0.2) is 17.8 Å². The molecule has 1 unspecified atom stereocenters. The van der Waals surface area contributed by atoms with Crippen LogP contribution in [0, 0.1) is 11.7 Å². The van der Waals surface area contributed by atoms with Crippen LogP contribution in [0.4, 0.5) is 4.39 Å². The smallest absolute Gasteiger partial charge is 0.228 e. The molecule has 4 rings (SSSR count). The molecule has 0 N–H and O–H groups in total. The lowest BCUT2D eigenvalue weighted by Crippen LogP contribution is -2.38. The van der Waals surface area contributed by atoms with Crippen molar-refractivity contribution in [2.24, 2.45) is 5.92 Å². The van der Waals surface area contributed by atoms with Crippen LogP contribution in [0.15, 0.2) is 35.6 Å². The number of aromatic nitrogens is 2. The highest BCUT2D eigenvalue weighted by atomic mass is 32.2. The Labute approximate surface area is 188 Å². The number of carbonyl (C=O) groups is 1. The topological polar surface area (TPSA) is 81.5 Å². The molecule has 1 saturated carbocycles. The van der Waals surface area contributed by atoms with E-state index in [-0.39, 0.29) is 34.9 Å². The summed E-state index contributed by atoms with van der Waals surface area (Å²) in [6.07, 6.45) is 5.08. The number of carbonyl (C=O) groups excluding carboxylic acids is 1. The number of ether oxygens (including phenoxy) is 1. The summed E-state index contributed by atoms with van der Waals surface area (Å²) in [5, 5.41) is -0.0325. The summed E-state index contributed by atoms with van der Waals surface area (Å²) in [7, 11) is -3.79. The van der Waals surface area contributed by atoms with Gasteiger partial charge in [-0.1, -0.05) is 12.1 Å². The van der Waals surface area contributed by atoms with Gasteiger partial charge in [0.2, 0.25) is 20.9 Å². The predicted molar refractivity (Wildman–Crippen MR) is 117 cm³/mol. The van der Waals surface area contributed by atoms with Gasteiger partial charge in [0.1, 0.15) is 5.82 Å². The summed E-state index contributed by atoms with van der Waals surface area (Å²) in [5.74, 6) is -0.499. The zero-order valence-electron chi connectivity index (χ0n) is 18.5. The molecule has 1 amide bonds. The fourth-order valence-corrected chi connectivity index (χ4v) is 5.57. The molecule has 1 aliphatic carbocycles. The van der Waals surface area contributed by atoms with Crippen LogP contribution in [0.3, 0.4) is 0 Å². The summed E-state index contributed by atoms with van der Waals surface area (Å²) in [5.41, 5.74) is 1.17. The van der Waals surface area contributed by atoms with Crippen molar-refractivity contribution in [1.29, 1.82) is 0 Å². The maximum atomic E-state index is 13.3. The van der Waals surface area contributed by atoms with Crippen molar-refractivity contribution < 1.29 is 22.3 Å². The highest BCUT2D eigenvalue weighted by Gasteiger charge is 2.35. The van der Waals surface area contributed by atoms with Crippen molar-refractivity contribution in [3.63, 3.8) is 0 Å². The number of hydrogen-bond donors (Lipinski definition) is 0. The van der Waals surface area contributed by atoms with E-state index in [2.05, 4.69) is 4.98 Å². The highest BCUT2D eigenvalue weighted by molar-refractivity contribution is 7.90. The Kier molecular flexibility index (Phi) is 6.67. The van der Waals surface area contributed by atoms with E-state index in [0.29, 0.717) is 31.0 Å². The third kappa shape index (κ3) is 5.20. The first-order valence-corrected chi connectivity index (χ1v) is 12.8. The number of halogens is 1. The molecule has 9 heteroatoms. The van der Waals surface area contributed by atoms with Gasteiger partial charge in [-0.2, -0.15) is 0 Å². The Morgan fingerprint density at radius 1 is 1.25 bits per heavy atom. The van der Waals surface area contributed by atoms with Crippen LogP contribution >= 0.6 is 0 Å². The number of hydrogen-bond acceptors (Lipinski definition) is 5. The van der Waals surface area contributed by atoms with Gasteiger partial charge < -0.3 is 14.2 Å². The molecule has 1 atom stereocenters. The number of sulfone groups is 1. The fraction of sp³-hybridized carbons (Fsp3) is 0.565.